The molecule has 0 saturated carbocycles. The molecular weight excluding hydrogens is 208 g/mol. The summed E-state index contributed by atoms with van der Waals surface area (Å²) in [4.78, 5) is 2.22. The molecule has 0 unspecified atom stereocenters. The van der Waals surface area contributed by atoms with Gasteiger partial charge in [0.15, 0.2) is 5.11 Å². The smallest absolute Gasteiger partial charge is 0.169 e. The van der Waals surface area contributed by atoms with Crippen LogP contribution >= 0.6 is 12.2 Å². The number of nitrogens with one attached hydrogen (secondary N) is 1. The van der Waals surface area contributed by atoms with Crippen LogP contribution in [0.2, 0.25) is 0 Å². The summed E-state index contributed by atoms with van der Waals surface area (Å²) in [6.45, 7) is 9.19. The molecule has 0 fully saturated rings. The predicted molar refractivity (Wildman–Crippen MR) is 69.2 cm³/mol. The highest BCUT2D eigenvalue weighted by molar-refractivity contribution is 7.80. The molecule has 0 saturated heterocycles. The number of methoxy groups -OCH3 is 1. The molecule has 0 aromatic carbocycles. The summed E-state index contributed by atoms with van der Waals surface area (Å²) in [6, 6.07) is 0.465. The van der Waals surface area contributed by atoms with E-state index in [4.69, 9.17) is 17.0 Å². The molecular formula is C11H24N2OS. The Balaban J connectivity index is 3.82. The highest BCUT2D eigenvalue weighted by Gasteiger charge is 2.11. The SMILES string of the molecule is CCCN(C(=S)NCCCOC)C(C)C. The van der Waals surface area contributed by atoms with Gasteiger partial charge in [0.05, 0.1) is 0 Å². The van der Waals surface area contributed by atoms with Gasteiger partial charge in [0.25, 0.3) is 0 Å². The number of ether oxygens (including phenoxy) is 1. The summed E-state index contributed by atoms with van der Waals surface area (Å²) in [7, 11) is 1.72. The molecule has 15 heavy (non-hydrogen) atoms. The van der Waals surface area contributed by atoms with Crippen LogP contribution in [0.3, 0.4) is 0 Å². The van der Waals surface area contributed by atoms with Gasteiger partial charge in [-0.1, -0.05) is 6.92 Å². The van der Waals surface area contributed by atoms with E-state index >= 15 is 0 Å². The van der Waals surface area contributed by atoms with E-state index < -0.39 is 0 Å². The fraction of sp³-hybridized carbons (Fsp3) is 0.909. The van der Waals surface area contributed by atoms with Crippen LogP contribution in [0.25, 0.3) is 0 Å². The first kappa shape index (κ1) is 14.6. The lowest BCUT2D eigenvalue weighted by Gasteiger charge is -2.29. The molecule has 90 valence electrons. The number of rotatable bonds is 7. The van der Waals surface area contributed by atoms with Gasteiger partial charge in [-0.05, 0) is 38.9 Å². The van der Waals surface area contributed by atoms with Crippen molar-refractivity contribution < 1.29 is 4.74 Å². The monoisotopic (exact) mass is 232 g/mol. The van der Waals surface area contributed by atoms with E-state index in [1.54, 1.807) is 7.11 Å². The molecule has 0 rings (SSSR count). The average Bonchev–Trinajstić information content (AvgIpc) is 2.20. The minimum atomic E-state index is 0.465. The van der Waals surface area contributed by atoms with Crippen molar-refractivity contribution in [3.63, 3.8) is 0 Å². The second-order valence-corrected chi connectivity index (χ2v) is 4.25. The van der Waals surface area contributed by atoms with E-state index in [-0.39, 0.29) is 0 Å². The first-order valence-corrected chi connectivity index (χ1v) is 6.07. The third-order valence-electron chi connectivity index (χ3n) is 2.15. The second-order valence-electron chi connectivity index (χ2n) is 3.87. The standard InChI is InChI=1S/C11H24N2OS/c1-5-8-13(10(2)3)11(15)12-7-6-9-14-4/h10H,5-9H2,1-4H3,(H,12,15). The van der Waals surface area contributed by atoms with E-state index in [9.17, 15) is 0 Å². The average molecular weight is 232 g/mol. The lowest BCUT2D eigenvalue weighted by Crippen LogP contribution is -2.44. The van der Waals surface area contributed by atoms with E-state index in [1.807, 2.05) is 0 Å². The summed E-state index contributed by atoms with van der Waals surface area (Å²) in [5.41, 5.74) is 0. The maximum absolute atomic E-state index is 5.34. The molecule has 0 aliphatic rings. The fourth-order valence-corrected chi connectivity index (χ4v) is 1.75. The Morgan fingerprint density at radius 1 is 1.47 bits per heavy atom. The first-order valence-electron chi connectivity index (χ1n) is 5.66. The normalized spacial score (nSPS) is 10.5. The van der Waals surface area contributed by atoms with Crippen molar-refractivity contribution in [3.05, 3.63) is 0 Å². The van der Waals surface area contributed by atoms with Gasteiger partial charge in [-0.2, -0.15) is 0 Å². The van der Waals surface area contributed by atoms with E-state index in [0.29, 0.717) is 6.04 Å². The summed E-state index contributed by atoms with van der Waals surface area (Å²) >= 11 is 5.34. The zero-order valence-electron chi connectivity index (χ0n) is 10.4. The number of hydrogen-bond acceptors (Lipinski definition) is 2. The van der Waals surface area contributed by atoms with E-state index in [1.165, 1.54) is 0 Å². The van der Waals surface area contributed by atoms with Crippen molar-refractivity contribution in [3.8, 4) is 0 Å². The van der Waals surface area contributed by atoms with Crippen molar-refractivity contribution in [2.45, 2.75) is 39.7 Å². The number of thiocarbonyl (C=S) groups is 1. The third-order valence-corrected chi connectivity index (χ3v) is 2.53. The van der Waals surface area contributed by atoms with E-state index in [0.717, 1.165) is 37.7 Å². The van der Waals surface area contributed by atoms with Crippen LogP contribution < -0.4 is 5.32 Å². The molecule has 0 spiro atoms. The first-order chi connectivity index (χ1) is 7.13. The van der Waals surface area contributed by atoms with Gasteiger partial charge in [0.1, 0.15) is 0 Å². The molecule has 0 heterocycles. The molecule has 0 atom stereocenters. The van der Waals surface area contributed by atoms with Gasteiger partial charge in [-0.3, -0.25) is 0 Å². The lowest BCUT2D eigenvalue weighted by atomic mass is 10.3. The zero-order chi connectivity index (χ0) is 11.7. The fourth-order valence-electron chi connectivity index (χ4n) is 1.35. The van der Waals surface area contributed by atoms with Crippen molar-refractivity contribution in [1.82, 2.24) is 10.2 Å². The molecule has 0 bridgehead atoms. The van der Waals surface area contributed by atoms with Crippen LogP contribution in [0.4, 0.5) is 0 Å². The third kappa shape index (κ3) is 6.68. The van der Waals surface area contributed by atoms with Gasteiger partial charge in [-0.15, -0.1) is 0 Å². The minimum absolute atomic E-state index is 0.465. The van der Waals surface area contributed by atoms with E-state index in [2.05, 4.69) is 31.0 Å². The summed E-state index contributed by atoms with van der Waals surface area (Å²) in [5.74, 6) is 0. The minimum Gasteiger partial charge on any atom is -0.385 e. The van der Waals surface area contributed by atoms with Crippen LogP contribution in [0, 0.1) is 0 Å². The van der Waals surface area contributed by atoms with Crippen molar-refractivity contribution >= 4 is 17.3 Å². The van der Waals surface area contributed by atoms with Crippen LogP contribution in [0.1, 0.15) is 33.6 Å². The second kappa shape index (κ2) is 8.92. The highest BCUT2D eigenvalue weighted by atomic mass is 32.1. The molecule has 0 aliphatic heterocycles. The Bertz CT molecular complexity index is 174. The Labute approximate surface area is 99.2 Å². The van der Waals surface area contributed by atoms with Gasteiger partial charge >= 0.3 is 0 Å². The Morgan fingerprint density at radius 3 is 2.60 bits per heavy atom. The van der Waals surface area contributed by atoms with Gasteiger partial charge in [0, 0.05) is 32.8 Å². The maximum Gasteiger partial charge on any atom is 0.169 e. The number of hydrogen-bond donors (Lipinski definition) is 1. The van der Waals surface area contributed by atoms with Crippen molar-refractivity contribution in [1.29, 1.82) is 0 Å². The molecule has 0 radical (unpaired) electrons. The Hall–Kier alpha value is -0.350. The zero-order valence-corrected chi connectivity index (χ0v) is 11.2. The van der Waals surface area contributed by atoms with Gasteiger partial charge in [-0.25, -0.2) is 0 Å². The van der Waals surface area contributed by atoms with Crippen LogP contribution in [-0.4, -0.2) is 42.9 Å². The van der Waals surface area contributed by atoms with Gasteiger partial charge in [0.2, 0.25) is 0 Å². The van der Waals surface area contributed by atoms with Crippen molar-refractivity contribution in [2.75, 3.05) is 26.8 Å². The number of nitrogens with zero attached hydrogens (tertiary/aromatic N) is 1. The predicted octanol–water partition coefficient (Wildman–Crippen LogP) is 2.02. The van der Waals surface area contributed by atoms with Crippen LogP contribution in [0.5, 0.6) is 0 Å². The lowest BCUT2D eigenvalue weighted by molar-refractivity contribution is 0.195. The quantitative estimate of drug-likeness (QED) is 0.536. The topological polar surface area (TPSA) is 24.5 Å². The molecule has 0 aliphatic carbocycles. The van der Waals surface area contributed by atoms with Crippen molar-refractivity contribution in [2.24, 2.45) is 0 Å². The molecule has 1 N–H and O–H groups in total. The molecule has 3 nitrogen and oxygen atoms in total. The molecule has 0 aromatic heterocycles. The van der Waals surface area contributed by atoms with Crippen LogP contribution in [0.15, 0.2) is 0 Å². The summed E-state index contributed by atoms with van der Waals surface area (Å²) in [6.07, 6.45) is 2.12. The Morgan fingerprint density at radius 2 is 2.13 bits per heavy atom. The van der Waals surface area contributed by atoms with Crippen LogP contribution in [-0.2, 0) is 4.74 Å². The molecule has 4 heteroatoms. The molecule has 0 amide bonds. The maximum atomic E-state index is 5.34. The largest absolute Gasteiger partial charge is 0.385 e. The summed E-state index contributed by atoms with van der Waals surface area (Å²) < 4.78 is 4.98. The molecule has 0 aromatic rings. The Kier molecular flexibility index (Phi) is 8.71. The van der Waals surface area contributed by atoms with Gasteiger partial charge < -0.3 is 15.0 Å². The highest BCUT2D eigenvalue weighted by Crippen LogP contribution is 2.00. The summed E-state index contributed by atoms with van der Waals surface area (Å²) in [5, 5.41) is 4.12.